The Morgan fingerprint density at radius 1 is 0.903 bits per heavy atom. The zero-order chi connectivity index (χ0) is 22.2. The summed E-state index contributed by atoms with van der Waals surface area (Å²) in [4.78, 5) is 16.5. The molecule has 1 saturated carbocycles. The first-order valence-electron chi connectivity index (χ1n) is 12.4. The van der Waals surface area contributed by atoms with E-state index in [0.717, 1.165) is 29.4 Å². The Labute approximate surface area is 188 Å². The Morgan fingerprint density at radius 2 is 1.52 bits per heavy atom. The first-order valence-corrected chi connectivity index (χ1v) is 12.4. The number of hydrogen-bond acceptors (Lipinski definition) is 2. The summed E-state index contributed by atoms with van der Waals surface area (Å²) in [6.45, 7) is 14.4. The van der Waals surface area contributed by atoms with Crippen LogP contribution in [-0.2, 0) is 11.2 Å². The van der Waals surface area contributed by atoms with Gasteiger partial charge in [-0.3, -0.25) is 4.79 Å². The summed E-state index contributed by atoms with van der Waals surface area (Å²) in [5.74, 6) is 1.79. The molecule has 1 spiro atoms. The number of carbonyl (C=O) groups excluding carboxylic acids is 1. The van der Waals surface area contributed by atoms with E-state index in [-0.39, 0.29) is 22.0 Å². The maximum absolute atomic E-state index is 13.7. The minimum absolute atomic E-state index is 0.0930. The first kappa shape index (κ1) is 21.0. The smallest absolute Gasteiger partial charge is 0.185 e. The summed E-state index contributed by atoms with van der Waals surface area (Å²) < 4.78 is 0. The molecule has 0 bridgehead atoms. The number of carbonyl (C=O) groups is 1. The standard InChI is InChI=1S/C29H39NO/c1-27(2,3)22-16-29(17-23(25(22)31)28(4,5)6)15-19-11-8-10-14-24(19)30-18-20-12-7-9-13-21(20)26(29)30/h8,10-11,14,16-17,20-21,26H,7,9,12-13,15,18H2,1-6H3. The highest BCUT2D eigenvalue weighted by molar-refractivity contribution is 6.11. The Kier molecular flexibility index (Phi) is 4.64. The molecule has 0 amide bonds. The van der Waals surface area contributed by atoms with Crippen LogP contribution in [0.1, 0.15) is 72.8 Å². The maximum Gasteiger partial charge on any atom is 0.185 e. The average Bonchev–Trinajstić information content (AvgIpc) is 3.09. The van der Waals surface area contributed by atoms with Gasteiger partial charge in [-0.15, -0.1) is 0 Å². The average molecular weight is 418 g/mol. The van der Waals surface area contributed by atoms with Crippen LogP contribution in [0.2, 0.25) is 0 Å². The van der Waals surface area contributed by atoms with Gasteiger partial charge in [0.1, 0.15) is 0 Å². The molecule has 2 aliphatic carbocycles. The second-order valence-corrected chi connectivity index (χ2v) is 12.7. The predicted octanol–water partition coefficient (Wildman–Crippen LogP) is 6.75. The van der Waals surface area contributed by atoms with Gasteiger partial charge in [-0.2, -0.15) is 0 Å². The van der Waals surface area contributed by atoms with Gasteiger partial charge in [-0.05, 0) is 53.6 Å². The third kappa shape index (κ3) is 3.24. The van der Waals surface area contributed by atoms with E-state index in [4.69, 9.17) is 0 Å². The third-order valence-corrected chi connectivity index (χ3v) is 8.42. The fraction of sp³-hybridized carbons (Fsp3) is 0.621. The lowest BCUT2D eigenvalue weighted by Gasteiger charge is -2.51. The number of fused-ring (bicyclic) bond motifs is 6. The SMILES string of the molecule is CC(C)(C)C1=CC2(C=C(C(C)(C)C)C1=O)Cc1ccccc1N1CC3CCCCC3C12. The Bertz CT molecular complexity index is 933. The molecule has 3 unspecified atom stereocenters. The molecule has 0 aromatic heterocycles. The monoisotopic (exact) mass is 417 g/mol. The summed E-state index contributed by atoms with van der Waals surface area (Å²) in [5, 5.41) is 0. The number of para-hydroxylation sites is 1. The van der Waals surface area contributed by atoms with Gasteiger partial charge in [0.05, 0.1) is 0 Å². The van der Waals surface area contributed by atoms with Crippen LogP contribution in [0.15, 0.2) is 47.6 Å². The molecule has 0 radical (unpaired) electrons. The lowest BCUT2D eigenvalue weighted by molar-refractivity contribution is -0.114. The molecular weight excluding hydrogens is 378 g/mol. The third-order valence-electron chi connectivity index (χ3n) is 8.42. The van der Waals surface area contributed by atoms with Crippen LogP contribution in [0.3, 0.4) is 0 Å². The zero-order valence-electron chi connectivity index (χ0n) is 20.3. The molecule has 2 heterocycles. The molecule has 0 N–H and O–H groups in total. The molecular formula is C29H39NO. The van der Waals surface area contributed by atoms with Crippen LogP contribution in [0.4, 0.5) is 5.69 Å². The van der Waals surface area contributed by atoms with Crippen LogP contribution in [0.5, 0.6) is 0 Å². The van der Waals surface area contributed by atoms with Crippen LogP contribution in [0, 0.1) is 28.1 Å². The summed E-state index contributed by atoms with van der Waals surface area (Å²) in [6, 6.07) is 9.51. The van der Waals surface area contributed by atoms with Crippen LogP contribution < -0.4 is 4.90 Å². The topological polar surface area (TPSA) is 20.3 Å². The van der Waals surface area contributed by atoms with E-state index < -0.39 is 0 Å². The van der Waals surface area contributed by atoms with Crippen molar-refractivity contribution in [3.05, 3.63) is 53.1 Å². The number of nitrogens with zero attached hydrogens (tertiary/aromatic N) is 1. The van der Waals surface area contributed by atoms with E-state index in [1.807, 2.05) is 0 Å². The molecule has 3 atom stereocenters. The van der Waals surface area contributed by atoms with Crippen LogP contribution in [-0.4, -0.2) is 18.4 Å². The van der Waals surface area contributed by atoms with Gasteiger partial charge < -0.3 is 4.90 Å². The Hall–Kier alpha value is -1.83. The highest BCUT2D eigenvalue weighted by Gasteiger charge is 2.56. The first-order chi connectivity index (χ1) is 14.5. The molecule has 2 fully saturated rings. The number of ketones is 1. The number of anilines is 1. The highest BCUT2D eigenvalue weighted by Crippen LogP contribution is 2.57. The lowest BCUT2D eigenvalue weighted by atomic mass is 9.58. The van der Waals surface area contributed by atoms with E-state index in [0.29, 0.717) is 6.04 Å². The molecule has 31 heavy (non-hydrogen) atoms. The normalized spacial score (nSPS) is 29.8. The molecule has 4 aliphatic rings. The van der Waals surface area contributed by atoms with Crippen LogP contribution in [0.25, 0.3) is 0 Å². The summed E-state index contributed by atoms with van der Waals surface area (Å²) >= 11 is 0. The van der Waals surface area contributed by atoms with Crippen molar-refractivity contribution in [2.24, 2.45) is 28.1 Å². The minimum Gasteiger partial charge on any atom is -0.367 e. The summed E-state index contributed by atoms with van der Waals surface area (Å²) in [6.07, 6.45) is 11.3. The molecule has 1 saturated heterocycles. The molecule has 2 heteroatoms. The number of allylic oxidation sites excluding steroid dienone is 2. The fourth-order valence-electron chi connectivity index (χ4n) is 7.03. The molecule has 166 valence electrons. The number of benzene rings is 1. The van der Waals surface area contributed by atoms with Crippen LogP contribution >= 0.6 is 0 Å². The minimum atomic E-state index is -0.152. The zero-order valence-corrected chi connectivity index (χ0v) is 20.3. The van der Waals surface area contributed by atoms with Gasteiger partial charge in [0.25, 0.3) is 0 Å². The number of Topliss-reactive ketones (excluding diaryl/α,β-unsaturated/α-hetero) is 1. The summed E-state index contributed by atoms with van der Waals surface area (Å²) in [5.41, 5.74) is 4.55. The van der Waals surface area contributed by atoms with Gasteiger partial charge in [0, 0.05) is 34.8 Å². The predicted molar refractivity (Wildman–Crippen MR) is 129 cm³/mol. The molecule has 2 aliphatic heterocycles. The van der Waals surface area contributed by atoms with Crippen molar-refractivity contribution in [1.82, 2.24) is 0 Å². The quantitative estimate of drug-likeness (QED) is 0.465. The van der Waals surface area contributed by atoms with E-state index in [2.05, 4.69) is 82.9 Å². The van der Waals surface area contributed by atoms with Gasteiger partial charge in [-0.1, -0.05) is 84.7 Å². The maximum atomic E-state index is 13.7. The van der Waals surface area contributed by atoms with E-state index in [1.54, 1.807) is 0 Å². The fourth-order valence-corrected chi connectivity index (χ4v) is 7.03. The Balaban J connectivity index is 1.76. The van der Waals surface area contributed by atoms with Crippen molar-refractivity contribution in [2.45, 2.75) is 79.7 Å². The summed E-state index contributed by atoms with van der Waals surface area (Å²) in [7, 11) is 0. The van der Waals surface area contributed by atoms with Gasteiger partial charge in [-0.25, -0.2) is 0 Å². The van der Waals surface area contributed by atoms with Crippen molar-refractivity contribution in [3.8, 4) is 0 Å². The van der Waals surface area contributed by atoms with E-state index >= 15 is 0 Å². The highest BCUT2D eigenvalue weighted by atomic mass is 16.1. The van der Waals surface area contributed by atoms with Crippen molar-refractivity contribution < 1.29 is 4.79 Å². The van der Waals surface area contributed by atoms with Crippen molar-refractivity contribution in [2.75, 3.05) is 11.4 Å². The second kappa shape index (κ2) is 6.83. The van der Waals surface area contributed by atoms with Crippen molar-refractivity contribution in [3.63, 3.8) is 0 Å². The second-order valence-electron chi connectivity index (χ2n) is 12.7. The van der Waals surface area contributed by atoms with Gasteiger partial charge in [0.15, 0.2) is 5.78 Å². The van der Waals surface area contributed by atoms with Gasteiger partial charge in [0.2, 0.25) is 0 Å². The number of hydrogen-bond donors (Lipinski definition) is 0. The molecule has 1 aromatic rings. The van der Waals surface area contributed by atoms with Crippen molar-refractivity contribution in [1.29, 1.82) is 0 Å². The lowest BCUT2D eigenvalue weighted by Crippen LogP contribution is -2.53. The largest absolute Gasteiger partial charge is 0.367 e. The number of rotatable bonds is 0. The molecule has 1 aromatic carbocycles. The Morgan fingerprint density at radius 3 is 2.16 bits per heavy atom. The van der Waals surface area contributed by atoms with E-state index in [9.17, 15) is 4.79 Å². The van der Waals surface area contributed by atoms with Gasteiger partial charge >= 0.3 is 0 Å². The molecule has 5 rings (SSSR count). The van der Waals surface area contributed by atoms with E-state index in [1.165, 1.54) is 43.5 Å². The molecule has 2 nitrogen and oxygen atoms in total. The van der Waals surface area contributed by atoms with Crippen molar-refractivity contribution >= 4 is 11.5 Å².